The molecule has 0 amide bonds. The number of carbonyl (C=O) groups is 1. The first-order valence-corrected chi connectivity index (χ1v) is 5.21. The highest BCUT2D eigenvalue weighted by Gasteiger charge is 2.23. The number of ketones is 1. The predicted molar refractivity (Wildman–Crippen MR) is 55.3 cm³/mol. The quantitative estimate of drug-likeness (QED) is 0.718. The number of Topliss-reactive ketones (excluding diaryl/α,β-unsaturated/α-hetero) is 1. The van der Waals surface area contributed by atoms with E-state index in [-0.39, 0.29) is 12.3 Å². The Hall–Kier alpha value is -0.800. The van der Waals surface area contributed by atoms with Crippen LogP contribution in [0.4, 0.5) is 0 Å². The number of nitrogens with two attached hydrogens (primary N) is 1. The van der Waals surface area contributed by atoms with Gasteiger partial charge in [0.25, 0.3) is 0 Å². The Kier molecular flexibility index (Phi) is 2.38. The second kappa shape index (κ2) is 3.52. The van der Waals surface area contributed by atoms with Gasteiger partial charge in [-0.05, 0) is 5.41 Å². The number of allylic oxidation sites excluding steroid dienone is 3. The van der Waals surface area contributed by atoms with E-state index in [1.54, 1.807) is 11.8 Å². The van der Waals surface area contributed by atoms with Crippen LogP contribution in [0.15, 0.2) is 35.3 Å². The maximum Gasteiger partial charge on any atom is 0.176 e. The second-order valence-electron chi connectivity index (χ2n) is 3.12. The molecule has 1 aliphatic heterocycles. The Morgan fingerprint density at radius 1 is 1.54 bits per heavy atom. The van der Waals surface area contributed by atoms with Gasteiger partial charge in [-0.25, -0.2) is 0 Å². The van der Waals surface area contributed by atoms with E-state index < -0.39 is 0 Å². The van der Waals surface area contributed by atoms with Crippen LogP contribution in [-0.2, 0) is 4.79 Å². The minimum atomic E-state index is 0.0278. The van der Waals surface area contributed by atoms with Gasteiger partial charge in [-0.2, -0.15) is 0 Å². The molecule has 68 valence electrons. The third kappa shape index (κ3) is 1.62. The molecule has 1 aliphatic carbocycles. The molecule has 2 nitrogen and oxygen atoms in total. The highest BCUT2D eigenvalue weighted by Crippen LogP contribution is 2.35. The lowest BCUT2D eigenvalue weighted by molar-refractivity contribution is -0.114. The molecule has 2 N–H and O–H groups in total. The lowest BCUT2D eigenvalue weighted by Gasteiger charge is -2.16. The highest BCUT2D eigenvalue weighted by atomic mass is 32.2. The van der Waals surface area contributed by atoms with Crippen molar-refractivity contribution in [3.05, 3.63) is 35.3 Å². The average Bonchev–Trinajstić information content (AvgIpc) is 2.63. The van der Waals surface area contributed by atoms with Crippen molar-refractivity contribution in [3.63, 3.8) is 0 Å². The number of thioether (sulfide) groups is 1. The fourth-order valence-corrected chi connectivity index (χ4v) is 2.49. The zero-order chi connectivity index (χ0) is 9.26. The fourth-order valence-electron chi connectivity index (χ4n) is 1.52. The van der Waals surface area contributed by atoms with E-state index >= 15 is 0 Å². The second-order valence-corrected chi connectivity index (χ2v) is 4.20. The van der Waals surface area contributed by atoms with Crippen molar-refractivity contribution < 1.29 is 4.79 Å². The zero-order valence-corrected chi connectivity index (χ0v) is 7.96. The number of hydrogen-bond acceptors (Lipinski definition) is 3. The monoisotopic (exact) mass is 193 g/mol. The van der Waals surface area contributed by atoms with Crippen LogP contribution >= 0.6 is 11.8 Å². The van der Waals surface area contributed by atoms with Crippen molar-refractivity contribution in [3.8, 4) is 0 Å². The van der Waals surface area contributed by atoms with Crippen molar-refractivity contribution in [1.29, 1.82) is 0 Å². The lowest BCUT2D eigenvalue weighted by Crippen LogP contribution is -2.19. The SMILES string of the molecule is NCC(=O)C1=CC2C=CSC2C=C1. The maximum atomic E-state index is 11.3. The minimum absolute atomic E-state index is 0.0278. The van der Waals surface area contributed by atoms with Crippen molar-refractivity contribution in [1.82, 2.24) is 0 Å². The molecule has 0 radical (unpaired) electrons. The van der Waals surface area contributed by atoms with Crippen LogP contribution in [0.25, 0.3) is 0 Å². The molecule has 3 heteroatoms. The van der Waals surface area contributed by atoms with Gasteiger partial charge in [0.15, 0.2) is 5.78 Å². The molecule has 0 spiro atoms. The Morgan fingerprint density at radius 2 is 2.38 bits per heavy atom. The number of hydrogen-bond donors (Lipinski definition) is 1. The first kappa shape index (κ1) is 8.78. The van der Waals surface area contributed by atoms with Crippen molar-refractivity contribution in [2.75, 3.05) is 6.54 Å². The van der Waals surface area contributed by atoms with Crippen LogP contribution in [0, 0.1) is 5.92 Å². The largest absolute Gasteiger partial charge is 0.324 e. The van der Waals surface area contributed by atoms with Crippen molar-refractivity contribution >= 4 is 17.5 Å². The molecular weight excluding hydrogens is 182 g/mol. The van der Waals surface area contributed by atoms with E-state index in [9.17, 15) is 4.79 Å². The Morgan fingerprint density at radius 3 is 3.15 bits per heavy atom. The summed E-state index contributed by atoms with van der Waals surface area (Å²) in [7, 11) is 0. The first-order valence-electron chi connectivity index (χ1n) is 4.26. The van der Waals surface area contributed by atoms with Crippen LogP contribution in [0.2, 0.25) is 0 Å². The smallest absolute Gasteiger partial charge is 0.176 e. The van der Waals surface area contributed by atoms with Crippen LogP contribution in [-0.4, -0.2) is 17.6 Å². The minimum Gasteiger partial charge on any atom is -0.324 e. The topological polar surface area (TPSA) is 43.1 Å². The number of carbonyl (C=O) groups excluding carboxylic acids is 1. The standard InChI is InChI=1S/C10H11NOS/c11-6-9(12)7-1-2-10-8(5-7)3-4-13-10/h1-5,8,10H,6,11H2. The highest BCUT2D eigenvalue weighted by molar-refractivity contribution is 8.03. The molecular formula is C10H11NOS. The molecule has 2 aliphatic rings. The third-order valence-electron chi connectivity index (χ3n) is 2.26. The van der Waals surface area contributed by atoms with Gasteiger partial charge >= 0.3 is 0 Å². The van der Waals surface area contributed by atoms with Crippen LogP contribution in [0.3, 0.4) is 0 Å². The first-order chi connectivity index (χ1) is 6.31. The maximum absolute atomic E-state index is 11.3. The Bertz CT molecular complexity index is 317. The molecule has 13 heavy (non-hydrogen) atoms. The van der Waals surface area contributed by atoms with Gasteiger partial charge in [0.2, 0.25) is 0 Å². The van der Waals surface area contributed by atoms with Crippen molar-refractivity contribution in [2.45, 2.75) is 5.25 Å². The molecule has 1 heterocycles. The van der Waals surface area contributed by atoms with E-state index in [1.807, 2.05) is 12.2 Å². The average molecular weight is 193 g/mol. The van der Waals surface area contributed by atoms with E-state index in [0.29, 0.717) is 11.2 Å². The summed E-state index contributed by atoms with van der Waals surface area (Å²) in [5.41, 5.74) is 6.05. The van der Waals surface area contributed by atoms with Gasteiger partial charge in [-0.3, -0.25) is 4.79 Å². The molecule has 0 aromatic heterocycles. The van der Waals surface area contributed by atoms with Gasteiger partial charge in [-0.1, -0.05) is 24.3 Å². The summed E-state index contributed by atoms with van der Waals surface area (Å²) in [6.45, 7) is 0.102. The molecule has 0 aromatic carbocycles. The molecule has 0 bridgehead atoms. The summed E-state index contributed by atoms with van der Waals surface area (Å²) in [4.78, 5) is 11.3. The van der Waals surface area contributed by atoms with Crippen LogP contribution in [0.5, 0.6) is 0 Å². The van der Waals surface area contributed by atoms with Gasteiger partial charge in [0.05, 0.1) is 6.54 Å². The van der Waals surface area contributed by atoms with Gasteiger partial charge in [0.1, 0.15) is 0 Å². The van der Waals surface area contributed by atoms with Crippen LogP contribution in [0.1, 0.15) is 0 Å². The molecule has 2 unspecified atom stereocenters. The Labute approximate surface area is 81.6 Å². The molecule has 0 saturated heterocycles. The van der Waals surface area contributed by atoms with Gasteiger partial charge < -0.3 is 5.73 Å². The summed E-state index contributed by atoms with van der Waals surface area (Å²) >= 11 is 1.79. The van der Waals surface area contributed by atoms with E-state index in [1.165, 1.54) is 0 Å². The van der Waals surface area contributed by atoms with Crippen molar-refractivity contribution in [2.24, 2.45) is 11.7 Å². The third-order valence-corrected chi connectivity index (χ3v) is 3.36. The molecule has 2 atom stereocenters. The Balaban J connectivity index is 2.19. The van der Waals surface area contributed by atoms with Gasteiger partial charge in [-0.15, -0.1) is 11.8 Å². The molecule has 2 rings (SSSR count). The lowest BCUT2D eigenvalue weighted by atomic mass is 9.94. The molecule has 0 fully saturated rings. The summed E-state index contributed by atoms with van der Waals surface area (Å²) in [5.74, 6) is 0.417. The summed E-state index contributed by atoms with van der Waals surface area (Å²) < 4.78 is 0. The normalized spacial score (nSPS) is 30.1. The molecule has 0 aromatic rings. The van der Waals surface area contributed by atoms with Crippen LogP contribution < -0.4 is 5.73 Å². The number of fused-ring (bicyclic) bond motifs is 1. The molecule has 0 saturated carbocycles. The van der Waals surface area contributed by atoms with E-state index in [2.05, 4.69) is 17.6 Å². The van der Waals surface area contributed by atoms with E-state index in [0.717, 1.165) is 5.57 Å². The summed E-state index contributed by atoms with van der Waals surface area (Å²) in [6.07, 6.45) is 8.10. The fraction of sp³-hybridized carbons (Fsp3) is 0.300. The van der Waals surface area contributed by atoms with E-state index in [4.69, 9.17) is 5.73 Å². The number of rotatable bonds is 2. The summed E-state index contributed by atoms with van der Waals surface area (Å²) in [6, 6.07) is 0. The predicted octanol–water partition coefficient (Wildman–Crippen LogP) is 1.26. The summed E-state index contributed by atoms with van der Waals surface area (Å²) in [5, 5.41) is 2.58. The zero-order valence-electron chi connectivity index (χ0n) is 7.14. The van der Waals surface area contributed by atoms with Gasteiger partial charge in [0, 0.05) is 16.7 Å².